The Labute approximate surface area is 105 Å². The molecule has 6 nitrogen and oxygen atoms in total. The molecule has 0 atom stereocenters. The summed E-state index contributed by atoms with van der Waals surface area (Å²) in [6.07, 6.45) is 5.70. The van der Waals surface area contributed by atoms with Crippen LogP contribution in [0.2, 0.25) is 0 Å². The van der Waals surface area contributed by atoms with E-state index in [-0.39, 0.29) is 11.7 Å². The first-order chi connectivity index (χ1) is 8.79. The Morgan fingerprint density at radius 1 is 1.44 bits per heavy atom. The summed E-state index contributed by atoms with van der Waals surface area (Å²) < 4.78 is 2.00. The van der Waals surface area contributed by atoms with Gasteiger partial charge in [0.2, 0.25) is 5.82 Å². The van der Waals surface area contributed by atoms with E-state index in [1.54, 1.807) is 0 Å². The zero-order valence-corrected chi connectivity index (χ0v) is 10.4. The Kier molecular flexibility index (Phi) is 4.11. The fourth-order valence-electron chi connectivity index (χ4n) is 1.64. The van der Waals surface area contributed by atoms with Gasteiger partial charge in [0.15, 0.2) is 0 Å². The van der Waals surface area contributed by atoms with Crippen molar-refractivity contribution < 1.29 is 4.79 Å². The van der Waals surface area contributed by atoms with Gasteiger partial charge in [-0.15, -0.1) is 5.10 Å². The topological polar surface area (TPSA) is 75.6 Å². The van der Waals surface area contributed by atoms with Crippen LogP contribution in [0, 0.1) is 0 Å². The van der Waals surface area contributed by atoms with Crippen molar-refractivity contribution in [3.63, 3.8) is 0 Å². The smallest absolute Gasteiger partial charge is 0.291 e. The number of aromatic nitrogens is 4. The van der Waals surface area contributed by atoms with E-state index in [0.29, 0.717) is 6.54 Å². The van der Waals surface area contributed by atoms with E-state index >= 15 is 0 Å². The zero-order chi connectivity index (χ0) is 12.8. The van der Waals surface area contributed by atoms with Crippen LogP contribution in [-0.4, -0.2) is 32.2 Å². The molecule has 0 saturated carbocycles. The number of aromatic amines is 1. The Morgan fingerprint density at radius 3 is 2.94 bits per heavy atom. The van der Waals surface area contributed by atoms with Crippen molar-refractivity contribution in [2.24, 2.45) is 0 Å². The molecule has 0 aliphatic carbocycles. The quantitative estimate of drug-likeness (QED) is 0.799. The third-order valence-corrected chi connectivity index (χ3v) is 2.54. The Bertz CT molecular complexity index is 488. The lowest BCUT2D eigenvalue weighted by Gasteiger charge is -2.03. The first-order valence-electron chi connectivity index (χ1n) is 6.10. The van der Waals surface area contributed by atoms with Crippen LogP contribution in [0.25, 0.3) is 0 Å². The van der Waals surface area contributed by atoms with E-state index in [9.17, 15) is 4.79 Å². The van der Waals surface area contributed by atoms with Crippen LogP contribution in [-0.2, 0) is 13.0 Å². The lowest BCUT2D eigenvalue weighted by molar-refractivity contribution is 0.0942. The normalized spacial score (nSPS) is 10.5. The first kappa shape index (κ1) is 12.3. The molecule has 0 saturated heterocycles. The number of hydrogen-bond donors (Lipinski definition) is 2. The number of carbonyl (C=O) groups excluding carboxylic acids is 1. The van der Waals surface area contributed by atoms with Crippen molar-refractivity contribution in [3.8, 4) is 0 Å². The minimum Gasteiger partial charge on any atom is -0.353 e. The molecule has 2 heterocycles. The summed E-state index contributed by atoms with van der Waals surface area (Å²) in [6.45, 7) is 3.36. The summed E-state index contributed by atoms with van der Waals surface area (Å²) in [4.78, 5) is 15.9. The molecule has 0 bridgehead atoms. The second-order valence-corrected chi connectivity index (χ2v) is 4.03. The number of hydrogen-bond acceptors (Lipinski definition) is 3. The van der Waals surface area contributed by atoms with Crippen LogP contribution in [0.5, 0.6) is 0 Å². The van der Waals surface area contributed by atoms with Crippen molar-refractivity contribution in [2.75, 3.05) is 6.54 Å². The highest BCUT2D eigenvalue weighted by atomic mass is 16.2. The molecule has 1 amide bonds. The maximum absolute atomic E-state index is 11.7. The fraction of sp³-hybridized carbons (Fsp3) is 0.417. The molecule has 6 heteroatoms. The summed E-state index contributed by atoms with van der Waals surface area (Å²) >= 11 is 0. The molecule has 2 N–H and O–H groups in total. The van der Waals surface area contributed by atoms with Crippen molar-refractivity contribution in [3.05, 3.63) is 36.2 Å². The summed E-state index contributed by atoms with van der Waals surface area (Å²) in [6, 6.07) is 3.90. The monoisotopic (exact) mass is 247 g/mol. The molecule has 2 aromatic heterocycles. The van der Waals surface area contributed by atoms with Gasteiger partial charge >= 0.3 is 0 Å². The number of aryl methyl sites for hydroxylation is 1. The number of H-pyrrole nitrogens is 1. The third-order valence-electron chi connectivity index (χ3n) is 2.54. The molecule has 0 fully saturated rings. The van der Waals surface area contributed by atoms with Crippen LogP contribution in [0.3, 0.4) is 0 Å². The van der Waals surface area contributed by atoms with Gasteiger partial charge in [-0.05, 0) is 18.6 Å². The van der Waals surface area contributed by atoms with Crippen LogP contribution >= 0.6 is 0 Å². The Balaban J connectivity index is 1.80. The van der Waals surface area contributed by atoms with Crippen LogP contribution in [0.1, 0.15) is 29.8 Å². The van der Waals surface area contributed by atoms with Gasteiger partial charge in [-0.3, -0.25) is 9.89 Å². The number of amides is 1. The minimum absolute atomic E-state index is 0.214. The highest BCUT2D eigenvalue weighted by Crippen LogP contribution is 1.96. The Morgan fingerprint density at radius 2 is 2.22 bits per heavy atom. The van der Waals surface area contributed by atoms with Gasteiger partial charge in [-0.25, -0.2) is 4.98 Å². The summed E-state index contributed by atoms with van der Waals surface area (Å²) in [5, 5.41) is 9.45. The molecule has 0 radical (unpaired) electrons. The highest BCUT2D eigenvalue weighted by Gasteiger charge is 2.11. The molecule has 18 heavy (non-hydrogen) atoms. The van der Waals surface area contributed by atoms with E-state index in [2.05, 4.69) is 27.4 Å². The lowest BCUT2D eigenvalue weighted by atomic mass is 10.3. The third kappa shape index (κ3) is 3.19. The standard InChI is InChI=1S/C12H17N5O/c1-2-5-10-14-11(16-15-10)12(18)13-6-9-17-7-3-4-8-17/h3-4,7-8H,2,5-6,9H2,1H3,(H,13,18)(H,14,15,16). The van der Waals surface area contributed by atoms with Gasteiger partial charge in [0.05, 0.1) is 0 Å². The molecule has 0 aliphatic rings. The average molecular weight is 247 g/mol. The van der Waals surface area contributed by atoms with E-state index < -0.39 is 0 Å². The lowest BCUT2D eigenvalue weighted by Crippen LogP contribution is -2.27. The zero-order valence-electron chi connectivity index (χ0n) is 10.4. The molecule has 0 spiro atoms. The van der Waals surface area contributed by atoms with E-state index in [1.807, 2.05) is 29.1 Å². The maximum atomic E-state index is 11.7. The van der Waals surface area contributed by atoms with Crippen molar-refractivity contribution in [1.82, 2.24) is 25.1 Å². The summed E-state index contributed by atoms with van der Waals surface area (Å²) in [5.41, 5.74) is 0. The summed E-state index contributed by atoms with van der Waals surface area (Å²) in [5.74, 6) is 0.736. The van der Waals surface area contributed by atoms with E-state index in [0.717, 1.165) is 25.2 Å². The fourth-order valence-corrected chi connectivity index (χ4v) is 1.64. The maximum Gasteiger partial charge on any atom is 0.291 e. The largest absolute Gasteiger partial charge is 0.353 e. The van der Waals surface area contributed by atoms with Crippen molar-refractivity contribution >= 4 is 5.91 Å². The number of nitrogens with zero attached hydrogens (tertiary/aromatic N) is 3. The molecule has 96 valence electrons. The van der Waals surface area contributed by atoms with Crippen LogP contribution < -0.4 is 5.32 Å². The van der Waals surface area contributed by atoms with Gasteiger partial charge < -0.3 is 9.88 Å². The Hall–Kier alpha value is -2.11. The van der Waals surface area contributed by atoms with E-state index in [1.165, 1.54) is 0 Å². The predicted octanol–water partition coefficient (Wildman–Crippen LogP) is 0.989. The van der Waals surface area contributed by atoms with E-state index in [4.69, 9.17) is 0 Å². The minimum atomic E-state index is -0.235. The average Bonchev–Trinajstić information content (AvgIpc) is 3.00. The van der Waals surface area contributed by atoms with Gasteiger partial charge in [0.1, 0.15) is 5.82 Å². The van der Waals surface area contributed by atoms with Crippen LogP contribution in [0.4, 0.5) is 0 Å². The number of rotatable bonds is 6. The number of carbonyl (C=O) groups is 1. The highest BCUT2D eigenvalue weighted by molar-refractivity contribution is 5.90. The van der Waals surface area contributed by atoms with Gasteiger partial charge in [0.25, 0.3) is 5.91 Å². The van der Waals surface area contributed by atoms with Gasteiger partial charge in [-0.2, -0.15) is 0 Å². The number of nitrogens with one attached hydrogen (secondary N) is 2. The second kappa shape index (κ2) is 6.00. The van der Waals surface area contributed by atoms with Crippen molar-refractivity contribution in [1.29, 1.82) is 0 Å². The molecule has 2 rings (SSSR count). The van der Waals surface area contributed by atoms with Crippen molar-refractivity contribution in [2.45, 2.75) is 26.3 Å². The molecule has 0 aromatic carbocycles. The molecule has 2 aromatic rings. The predicted molar refractivity (Wildman–Crippen MR) is 67.1 cm³/mol. The molecular weight excluding hydrogens is 230 g/mol. The second-order valence-electron chi connectivity index (χ2n) is 4.03. The van der Waals surface area contributed by atoms with Gasteiger partial charge in [-0.1, -0.05) is 6.92 Å². The van der Waals surface area contributed by atoms with Crippen LogP contribution in [0.15, 0.2) is 24.5 Å². The molecule has 0 aliphatic heterocycles. The molecular formula is C12H17N5O. The van der Waals surface area contributed by atoms with Gasteiger partial charge in [0, 0.05) is 31.9 Å². The first-order valence-corrected chi connectivity index (χ1v) is 6.10. The SMILES string of the molecule is CCCc1nc(C(=O)NCCn2cccc2)n[nH]1. The summed E-state index contributed by atoms with van der Waals surface area (Å²) in [7, 11) is 0. The molecule has 0 unspecified atom stereocenters.